The van der Waals surface area contributed by atoms with Gasteiger partial charge in [-0.1, -0.05) is 18.2 Å². The van der Waals surface area contributed by atoms with Crippen molar-refractivity contribution in [3.63, 3.8) is 0 Å². The van der Waals surface area contributed by atoms with Crippen molar-refractivity contribution in [1.82, 2.24) is 0 Å². The zero-order valence-corrected chi connectivity index (χ0v) is 16.4. The highest BCUT2D eigenvalue weighted by molar-refractivity contribution is 7.89. The molecule has 0 spiro atoms. The fourth-order valence-corrected chi connectivity index (χ4v) is 3.75. The van der Waals surface area contributed by atoms with E-state index in [9.17, 15) is 22.4 Å². The third-order valence-electron chi connectivity index (χ3n) is 4.51. The van der Waals surface area contributed by atoms with Gasteiger partial charge in [-0.3, -0.25) is 4.79 Å². The molecule has 2 aromatic carbocycles. The summed E-state index contributed by atoms with van der Waals surface area (Å²) in [5.41, 5.74) is 1.44. The van der Waals surface area contributed by atoms with E-state index in [2.05, 4.69) is 0 Å². The quantitative estimate of drug-likeness (QED) is 0.590. The van der Waals surface area contributed by atoms with Gasteiger partial charge in [-0.25, -0.2) is 22.7 Å². The minimum Gasteiger partial charge on any atom is -0.452 e. The van der Waals surface area contributed by atoms with E-state index in [0.29, 0.717) is 17.7 Å². The van der Waals surface area contributed by atoms with Crippen LogP contribution in [-0.2, 0) is 30.8 Å². The molecule has 0 bridgehead atoms. The van der Waals surface area contributed by atoms with Gasteiger partial charge in [0.15, 0.2) is 6.61 Å². The second kappa shape index (κ2) is 8.14. The number of nitrogens with two attached hydrogens (primary N) is 1. The molecule has 1 amide bonds. The summed E-state index contributed by atoms with van der Waals surface area (Å²) < 4.78 is 41.5. The minimum atomic E-state index is -3.84. The van der Waals surface area contributed by atoms with Crippen molar-refractivity contribution in [3.8, 4) is 0 Å². The number of carbonyl (C=O) groups excluding carboxylic acids is 2. The Morgan fingerprint density at radius 2 is 2.00 bits per heavy atom. The lowest BCUT2D eigenvalue weighted by atomic mass is 10.1. The van der Waals surface area contributed by atoms with Crippen LogP contribution in [0, 0.1) is 5.82 Å². The van der Waals surface area contributed by atoms with Crippen molar-refractivity contribution >= 4 is 33.7 Å². The van der Waals surface area contributed by atoms with Gasteiger partial charge in [0.2, 0.25) is 10.0 Å². The average molecular weight is 418 g/mol. The first-order valence-electron chi connectivity index (χ1n) is 8.74. The van der Waals surface area contributed by atoms with Crippen LogP contribution in [-0.4, -0.2) is 32.9 Å². The lowest BCUT2D eigenvalue weighted by molar-refractivity contribution is -0.143. The number of rotatable bonds is 5. The summed E-state index contributed by atoms with van der Waals surface area (Å²) in [5, 5.41) is 5.15. The second-order valence-electron chi connectivity index (χ2n) is 6.61. The molecule has 152 valence electrons. The van der Waals surface area contributed by atoms with Gasteiger partial charge in [0, 0.05) is 23.4 Å². The van der Waals surface area contributed by atoms with E-state index in [1.54, 1.807) is 13.0 Å². The lowest BCUT2D eigenvalue weighted by Crippen LogP contribution is -2.38. The van der Waals surface area contributed by atoms with Gasteiger partial charge in [0.1, 0.15) is 5.82 Å². The van der Waals surface area contributed by atoms with Gasteiger partial charge in [-0.2, -0.15) is 0 Å². The third-order valence-corrected chi connectivity index (χ3v) is 5.42. The van der Waals surface area contributed by atoms with Gasteiger partial charge in [0.25, 0.3) is 5.91 Å². The average Bonchev–Trinajstić information content (AvgIpc) is 2.99. The Balaban J connectivity index is 1.66. The first-order valence-corrected chi connectivity index (χ1v) is 10.3. The third kappa shape index (κ3) is 4.69. The SMILES string of the molecule is CC1Cc2cc(S(N)(=O)=O)ccc2N1C(=O)COC(=O)/C=C/c1ccccc1F. The van der Waals surface area contributed by atoms with Crippen LogP contribution in [0.2, 0.25) is 0 Å². The number of esters is 1. The predicted octanol–water partition coefficient (Wildman–Crippen LogP) is 2.01. The van der Waals surface area contributed by atoms with E-state index >= 15 is 0 Å². The Morgan fingerprint density at radius 1 is 1.28 bits per heavy atom. The van der Waals surface area contributed by atoms with Gasteiger partial charge in [-0.15, -0.1) is 0 Å². The highest BCUT2D eigenvalue weighted by Gasteiger charge is 2.32. The van der Waals surface area contributed by atoms with Crippen molar-refractivity contribution in [2.75, 3.05) is 11.5 Å². The molecule has 0 radical (unpaired) electrons. The fourth-order valence-electron chi connectivity index (χ4n) is 3.18. The minimum absolute atomic E-state index is 0.0255. The molecule has 1 heterocycles. The zero-order chi connectivity index (χ0) is 21.2. The first-order chi connectivity index (χ1) is 13.7. The molecule has 3 rings (SSSR count). The molecule has 0 fully saturated rings. The topological polar surface area (TPSA) is 107 Å². The van der Waals surface area contributed by atoms with E-state index in [0.717, 1.165) is 6.08 Å². The number of nitrogens with zero attached hydrogens (tertiary/aromatic N) is 1. The molecular formula is C20H19FN2O5S. The summed E-state index contributed by atoms with van der Waals surface area (Å²) >= 11 is 0. The molecule has 0 aromatic heterocycles. The molecular weight excluding hydrogens is 399 g/mol. The lowest BCUT2D eigenvalue weighted by Gasteiger charge is -2.22. The molecule has 1 aliphatic rings. The van der Waals surface area contributed by atoms with Crippen LogP contribution in [0.4, 0.5) is 10.1 Å². The van der Waals surface area contributed by atoms with Crippen LogP contribution in [0.5, 0.6) is 0 Å². The second-order valence-corrected chi connectivity index (χ2v) is 8.18. The number of fused-ring (bicyclic) bond motifs is 1. The standard InChI is InChI=1S/C20H19FN2O5S/c1-13-10-15-11-16(29(22,26)27)7-8-18(15)23(13)19(24)12-28-20(25)9-6-14-4-2-3-5-17(14)21/h2-9,11,13H,10,12H2,1H3,(H2,22,26,27)/b9-6+. The van der Waals surface area contributed by atoms with Crippen LogP contribution in [0.1, 0.15) is 18.1 Å². The largest absolute Gasteiger partial charge is 0.452 e. The Morgan fingerprint density at radius 3 is 2.69 bits per heavy atom. The first kappa shape index (κ1) is 20.7. The molecule has 9 heteroatoms. The van der Waals surface area contributed by atoms with Crippen LogP contribution in [0.15, 0.2) is 53.4 Å². The number of ether oxygens (including phenoxy) is 1. The molecule has 1 aliphatic heterocycles. The number of anilines is 1. The number of benzene rings is 2. The molecule has 0 saturated heterocycles. The Bertz CT molecular complexity index is 1100. The van der Waals surface area contributed by atoms with Gasteiger partial charge < -0.3 is 9.64 Å². The maximum absolute atomic E-state index is 13.5. The number of hydrogen-bond donors (Lipinski definition) is 1. The summed E-state index contributed by atoms with van der Waals surface area (Å²) in [7, 11) is -3.84. The molecule has 2 N–H and O–H groups in total. The zero-order valence-electron chi connectivity index (χ0n) is 15.5. The van der Waals surface area contributed by atoms with Crippen LogP contribution < -0.4 is 10.0 Å². The maximum atomic E-state index is 13.5. The monoisotopic (exact) mass is 418 g/mol. The van der Waals surface area contributed by atoms with Crippen molar-refractivity contribution in [3.05, 3.63) is 65.5 Å². The van der Waals surface area contributed by atoms with Crippen molar-refractivity contribution < 1.29 is 27.1 Å². The molecule has 7 nitrogen and oxygen atoms in total. The maximum Gasteiger partial charge on any atom is 0.331 e. The van der Waals surface area contributed by atoms with Crippen molar-refractivity contribution in [1.29, 1.82) is 0 Å². The van der Waals surface area contributed by atoms with Crippen LogP contribution >= 0.6 is 0 Å². The van der Waals surface area contributed by atoms with Gasteiger partial charge in [-0.05, 0) is 49.2 Å². The van der Waals surface area contributed by atoms with E-state index in [4.69, 9.17) is 9.88 Å². The van der Waals surface area contributed by atoms with Gasteiger partial charge >= 0.3 is 5.97 Å². The number of carbonyl (C=O) groups is 2. The fraction of sp³-hybridized carbons (Fsp3) is 0.200. The van der Waals surface area contributed by atoms with E-state index < -0.39 is 34.3 Å². The number of halogens is 1. The highest BCUT2D eigenvalue weighted by Crippen LogP contribution is 2.33. The molecule has 29 heavy (non-hydrogen) atoms. The summed E-state index contributed by atoms with van der Waals surface area (Å²) in [5.74, 6) is -1.71. The molecule has 1 unspecified atom stereocenters. The Hall–Kier alpha value is -3.04. The Labute approximate surface area is 167 Å². The number of primary sulfonamides is 1. The molecule has 2 aromatic rings. The van der Waals surface area contributed by atoms with E-state index in [1.807, 2.05) is 0 Å². The van der Waals surface area contributed by atoms with Crippen LogP contribution in [0.25, 0.3) is 6.08 Å². The summed E-state index contributed by atoms with van der Waals surface area (Å²) in [6, 6.07) is 9.98. The molecule has 0 saturated carbocycles. The Kier molecular flexibility index (Phi) is 5.81. The molecule has 1 atom stereocenters. The van der Waals surface area contributed by atoms with E-state index in [1.165, 1.54) is 47.4 Å². The van der Waals surface area contributed by atoms with Crippen molar-refractivity contribution in [2.45, 2.75) is 24.3 Å². The van der Waals surface area contributed by atoms with E-state index in [-0.39, 0.29) is 16.5 Å². The smallest absolute Gasteiger partial charge is 0.331 e. The highest BCUT2D eigenvalue weighted by atomic mass is 32.2. The normalized spacial score (nSPS) is 16.1. The summed E-state index contributed by atoms with van der Waals surface area (Å²) in [6.07, 6.45) is 2.77. The summed E-state index contributed by atoms with van der Waals surface area (Å²) in [6.45, 7) is 1.30. The number of amides is 1. The number of hydrogen-bond acceptors (Lipinski definition) is 5. The predicted molar refractivity (Wildman–Crippen MR) is 105 cm³/mol. The van der Waals surface area contributed by atoms with Crippen LogP contribution in [0.3, 0.4) is 0 Å². The molecule has 0 aliphatic carbocycles. The summed E-state index contributed by atoms with van der Waals surface area (Å²) in [4.78, 5) is 25.8. The van der Waals surface area contributed by atoms with Gasteiger partial charge in [0.05, 0.1) is 4.90 Å². The van der Waals surface area contributed by atoms with Crippen molar-refractivity contribution in [2.24, 2.45) is 5.14 Å². The number of sulfonamides is 1.